The minimum atomic E-state index is 0.185. The van der Waals surface area contributed by atoms with Crippen LogP contribution in [-0.2, 0) is 11.2 Å². The molecule has 0 aliphatic carbocycles. The van der Waals surface area contributed by atoms with Crippen molar-refractivity contribution in [1.82, 2.24) is 0 Å². The molecule has 2 atom stereocenters. The summed E-state index contributed by atoms with van der Waals surface area (Å²) in [4.78, 5) is 11.6. The van der Waals surface area contributed by atoms with Crippen molar-refractivity contribution in [1.29, 1.82) is 0 Å². The predicted molar refractivity (Wildman–Crippen MR) is 78.1 cm³/mol. The predicted octanol–water partition coefficient (Wildman–Crippen LogP) is 3.85. The van der Waals surface area contributed by atoms with E-state index in [0.717, 1.165) is 12.8 Å². The molecule has 0 radical (unpaired) electrons. The van der Waals surface area contributed by atoms with Crippen LogP contribution in [0, 0.1) is 0 Å². The van der Waals surface area contributed by atoms with Gasteiger partial charge in [-0.25, -0.2) is 0 Å². The van der Waals surface area contributed by atoms with Gasteiger partial charge in [-0.1, -0.05) is 42.5 Å². The minimum absolute atomic E-state index is 0.185. The maximum absolute atomic E-state index is 11.6. The lowest BCUT2D eigenvalue weighted by molar-refractivity contribution is -0.117. The molecule has 0 amide bonds. The van der Waals surface area contributed by atoms with Gasteiger partial charge in [0.15, 0.2) is 0 Å². The van der Waals surface area contributed by atoms with Crippen molar-refractivity contribution in [3.05, 3.63) is 48.0 Å². The normalized spacial score (nSPS) is 23.7. The first-order chi connectivity index (χ1) is 8.74. The Labute approximate surface area is 112 Å². The molecule has 0 aromatic heterocycles. The van der Waals surface area contributed by atoms with Crippen molar-refractivity contribution in [2.75, 3.05) is 0 Å². The van der Waals surface area contributed by atoms with Crippen molar-refractivity contribution < 1.29 is 4.79 Å². The molecule has 2 heteroatoms. The molecule has 2 unspecified atom stereocenters. The number of hydrogen-bond acceptors (Lipinski definition) is 2. The van der Waals surface area contributed by atoms with Crippen LogP contribution >= 0.6 is 11.8 Å². The summed E-state index contributed by atoms with van der Waals surface area (Å²) >= 11 is 1.83. The summed E-state index contributed by atoms with van der Waals surface area (Å²) in [5, 5.41) is 3.26. The molecule has 0 saturated carbocycles. The van der Waals surface area contributed by atoms with Gasteiger partial charge < -0.3 is 0 Å². The van der Waals surface area contributed by atoms with Gasteiger partial charge in [0.1, 0.15) is 5.78 Å². The summed E-state index contributed by atoms with van der Waals surface area (Å²) in [6.45, 7) is 2.02. The molecule has 1 fully saturated rings. The third-order valence-electron chi connectivity index (χ3n) is 3.61. The second-order valence-corrected chi connectivity index (χ2v) is 6.56. The van der Waals surface area contributed by atoms with E-state index in [0.29, 0.717) is 11.0 Å². The maximum atomic E-state index is 11.6. The van der Waals surface area contributed by atoms with E-state index in [1.54, 1.807) is 0 Å². The largest absolute Gasteiger partial charge is 0.298 e. The molecule has 1 aliphatic rings. The summed E-state index contributed by atoms with van der Waals surface area (Å²) in [5.74, 6) is 0.408. The zero-order valence-corrected chi connectivity index (χ0v) is 11.2. The van der Waals surface area contributed by atoms with Crippen molar-refractivity contribution >= 4 is 28.3 Å². The Morgan fingerprint density at radius 2 is 1.94 bits per heavy atom. The first-order valence-electron chi connectivity index (χ1n) is 6.39. The summed E-state index contributed by atoms with van der Waals surface area (Å²) < 4.78 is 0. The third kappa shape index (κ3) is 2.17. The number of carbonyl (C=O) groups excluding carboxylic acids is 1. The SMILES string of the molecule is CC1SC(Cc2cccc3ccccc23)CC1=O. The van der Waals surface area contributed by atoms with Crippen LogP contribution in [0.25, 0.3) is 10.8 Å². The standard InChI is InChI=1S/C16H16OS/c1-11-16(17)10-14(18-11)9-13-7-4-6-12-5-2-3-8-15(12)13/h2-8,11,14H,9-10H2,1H3. The Kier molecular flexibility index (Phi) is 3.13. The fourth-order valence-corrected chi connectivity index (χ4v) is 4.00. The fraction of sp³-hybridized carbons (Fsp3) is 0.312. The summed E-state index contributed by atoms with van der Waals surface area (Å²) in [5.41, 5.74) is 1.37. The molecule has 92 valence electrons. The molecular weight excluding hydrogens is 240 g/mol. The van der Waals surface area contributed by atoms with Crippen LogP contribution in [0.15, 0.2) is 42.5 Å². The number of ketones is 1. The van der Waals surface area contributed by atoms with Gasteiger partial charge >= 0.3 is 0 Å². The molecule has 0 spiro atoms. The quantitative estimate of drug-likeness (QED) is 0.812. The van der Waals surface area contributed by atoms with E-state index >= 15 is 0 Å². The minimum Gasteiger partial charge on any atom is -0.298 e. The molecule has 2 aromatic rings. The first kappa shape index (κ1) is 11.8. The lowest BCUT2D eigenvalue weighted by Gasteiger charge is -2.11. The highest BCUT2D eigenvalue weighted by Crippen LogP contribution is 2.34. The zero-order valence-electron chi connectivity index (χ0n) is 10.4. The smallest absolute Gasteiger partial charge is 0.146 e. The van der Waals surface area contributed by atoms with Crippen LogP contribution in [0.2, 0.25) is 0 Å². The number of hydrogen-bond donors (Lipinski definition) is 0. The highest BCUT2D eigenvalue weighted by atomic mass is 32.2. The van der Waals surface area contributed by atoms with Gasteiger partial charge in [-0.3, -0.25) is 4.79 Å². The molecule has 3 rings (SSSR count). The van der Waals surface area contributed by atoms with E-state index in [1.165, 1.54) is 16.3 Å². The van der Waals surface area contributed by atoms with Crippen LogP contribution in [0.5, 0.6) is 0 Å². The first-order valence-corrected chi connectivity index (χ1v) is 7.33. The van der Waals surface area contributed by atoms with E-state index in [-0.39, 0.29) is 5.25 Å². The Morgan fingerprint density at radius 1 is 1.17 bits per heavy atom. The van der Waals surface area contributed by atoms with Crippen molar-refractivity contribution in [3.63, 3.8) is 0 Å². The van der Waals surface area contributed by atoms with Crippen molar-refractivity contribution in [3.8, 4) is 0 Å². The Bertz CT molecular complexity index is 585. The molecule has 1 aliphatic heterocycles. The summed E-state index contributed by atoms with van der Waals surface area (Å²) in [6.07, 6.45) is 1.73. The maximum Gasteiger partial charge on any atom is 0.146 e. The van der Waals surface area contributed by atoms with E-state index in [2.05, 4.69) is 42.5 Å². The monoisotopic (exact) mass is 256 g/mol. The van der Waals surface area contributed by atoms with Crippen LogP contribution in [0.1, 0.15) is 18.9 Å². The van der Waals surface area contributed by atoms with E-state index in [1.807, 2.05) is 18.7 Å². The molecule has 18 heavy (non-hydrogen) atoms. The molecule has 1 saturated heterocycles. The Balaban J connectivity index is 1.89. The Hall–Kier alpha value is -1.28. The van der Waals surface area contributed by atoms with Crippen LogP contribution < -0.4 is 0 Å². The summed E-state index contributed by atoms with van der Waals surface area (Å²) in [7, 11) is 0. The van der Waals surface area contributed by atoms with Gasteiger partial charge in [-0.05, 0) is 29.7 Å². The second-order valence-electron chi connectivity index (χ2n) is 4.91. The van der Waals surface area contributed by atoms with E-state index < -0.39 is 0 Å². The average Bonchev–Trinajstić information content (AvgIpc) is 2.69. The second kappa shape index (κ2) is 4.77. The van der Waals surface area contributed by atoms with Gasteiger partial charge in [0.25, 0.3) is 0 Å². The molecule has 0 bridgehead atoms. The highest BCUT2D eigenvalue weighted by Gasteiger charge is 2.29. The molecule has 1 heterocycles. The Morgan fingerprint density at radius 3 is 2.72 bits per heavy atom. The average molecular weight is 256 g/mol. The third-order valence-corrected chi connectivity index (χ3v) is 5.00. The molecule has 0 N–H and O–H groups in total. The van der Waals surface area contributed by atoms with Crippen LogP contribution in [0.3, 0.4) is 0 Å². The van der Waals surface area contributed by atoms with Crippen LogP contribution in [-0.4, -0.2) is 16.3 Å². The lowest BCUT2D eigenvalue weighted by Crippen LogP contribution is -2.05. The summed E-state index contributed by atoms with van der Waals surface area (Å²) in [6, 6.07) is 14.9. The molecule has 1 nitrogen and oxygen atoms in total. The number of fused-ring (bicyclic) bond motifs is 1. The van der Waals surface area contributed by atoms with Crippen LogP contribution in [0.4, 0.5) is 0 Å². The van der Waals surface area contributed by atoms with Crippen molar-refractivity contribution in [2.24, 2.45) is 0 Å². The molecule has 2 aromatic carbocycles. The number of Topliss-reactive ketones (excluding diaryl/α,β-unsaturated/α-hetero) is 1. The van der Waals surface area contributed by atoms with Crippen molar-refractivity contribution in [2.45, 2.75) is 30.3 Å². The van der Waals surface area contributed by atoms with Gasteiger partial charge in [0.05, 0.1) is 5.25 Å². The number of carbonyl (C=O) groups is 1. The highest BCUT2D eigenvalue weighted by molar-refractivity contribution is 8.01. The van der Waals surface area contributed by atoms with E-state index in [4.69, 9.17) is 0 Å². The number of benzene rings is 2. The van der Waals surface area contributed by atoms with Gasteiger partial charge in [-0.15, -0.1) is 11.8 Å². The van der Waals surface area contributed by atoms with E-state index in [9.17, 15) is 4.79 Å². The van der Waals surface area contributed by atoms with Gasteiger partial charge in [-0.2, -0.15) is 0 Å². The number of thioether (sulfide) groups is 1. The topological polar surface area (TPSA) is 17.1 Å². The number of rotatable bonds is 2. The lowest BCUT2D eigenvalue weighted by atomic mass is 9.99. The zero-order chi connectivity index (χ0) is 12.5. The van der Waals surface area contributed by atoms with Gasteiger partial charge in [0, 0.05) is 11.7 Å². The molecular formula is C16H16OS. The fourth-order valence-electron chi connectivity index (χ4n) is 2.64. The van der Waals surface area contributed by atoms with Gasteiger partial charge in [0.2, 0.25) is 0 Å².